The topological polar surface area (TPSA) is 90.5 Å². The van der Waals surface area contributed by atoms with Crippen LogP contribution in [0.1, 0.15) is 43.4 Å². The van der Waals surface area contributed by atoms with E-state index in [0.29, 0.717) is 34.0 Å². The van der Waals surface area contributed by atoms with Crippen LogP contribution in [0.3, 0.4) is 0 Å². The van der Waals surface area contributed by atoms with Crippen LogP contribution in [0.4, 0.5) is 5.69 Å². The van der Waals surface area contributed by atoms with E-state index in [1.165, 1.54) is 4.68 Å². The summed E-state index contributed by atoms with van der Waals surface area (Å²) < 4.78 is 9.19. The number of aromatic nitrogens is 3. The van der Waals surface area contributed by atoms with Crippen molar-refractivity contribution in [3.63, 3.8) is 0 Å². The van der Waals surface area contributed by atoms with Gasteiger partial charge in [-0.1, -0.05) is 55.8 Å². The smallest absolute Gasteiger partial charge is 0.282 e. The number of amides is 1. The molecule has 2 heterocycles. The van der Waals surface area contributed by atoms with Crippen molar-refractivity contribution in [3.8, 4) is 17.1 Å². The van der Waals surface area contributed by atoms with Crippen molar-refractivity contribution in [1.29, 1.82) is 0 Å². The highest BCUT2D eigenvalue weighted by Gasteiger charge is 2.19. The third-order valence-corrected chi connectivity index (χ3v) is 8.10. The number of carbonyl (C=O) groups is 1. The Morgan fingerprint density at radius 3 is 2.48 bits per heavy atom. The van der Waals surface area contributed by atoms with Crippen LogP contribution in [-0.2, 0) is 11.3 Å². The molecule has 46 heavy (non-hydrogen) atoms. The van der Waals surface area contributed by atoms with Crippen LogP contribution in [0.15, 0.2) is 101 Å². The first-order valence-electron chi connectivity index (χ1n) is 15.2. The van der Waals surface area contributed by atoms with Crippen LogP contribution in [0.25, 0.3) is 33.2 Å². The normalized spacial score (nSPS) is 11.6. The van der Waals surface area contributed by atoms with Crippen LogP contribution < -0.4 is 15.6 Å². The summed E-state index contributed by atoms with van der Waals surface area (Å²) in [5.74, 6) is 1.27. The Hall–Kier alpha value is -5.21. The lowest BCUT2D eigenvalue weighted by atomic mass is 9.96. The van der Waals surface area contributed by atoms with Crippen molar-refractivity contribution in [3.05, 3.63) is 123 Å². The van der Waals surface area contributed by atoms with Gasteiger partial charge >= 0.3 is 0 Å². The minimum absolute atomic E-state index is 0.0864. The maximum absolute atomic E-state index is 14.0. The summed E-state index contributed by atoms with van der Waals surface area (Å²) >= 11 is 5.99. The third-order valence-electron chi connectivity index (χ3n) is 7.85. The molecular formula is C37H34ClN5O3. The molecule has 0 fully saturated rings. The van der Waals surface area contributed by atoms with Crippen molar-refractivity contribution in [2.75, 3.05) is 11.9 Å². The number of ether oxygens (including phenoxy) is 1. The average molecular weight is 632 g/mol. The predicted molar refractivity (Wildman–Crippen MR) is 186 cm³/mol. The highest BCUT2D eigenvalue weighted by atomic mass is 35.5. The maximum Gasteiger partial charge on any atom is 0.282 e. The SMILES string of the molecule is CCOc1cc(C)c(-c2nc3ccccc3c(=O)n2N=Cc2cn(CC(=O)Nc3ccc(Cl)cc3)c3ccccc23)cc1C(C)C. The molecule has 1 amide bonds. The number of halogens is 1. The zero-order valence-electron chi connectivity index (χ0n) is 26.1. The molecule has 9 heteroatoms. The Morgan fingerprint density at radius 2 is 1.74 bits per heavy atom. The molecule has 4 aromatic carbocycles. The van der Waals surface area contributed by atoms with Gasteiger partial charge in [0.1, 0.15) is 12.3 Å². The lowest BCUT2D eigenvalue weighted by molar-refractivity contribution is -0.116. The van der Waals surface area contributed by atoms with Crippen molar-refractivity contribution in [1.82, 2.24) is 14.2 Å². The van der Waals surface area contributed by atoms with Crippen LogP contribution in [0.2, 0.25) is 5.02 Å². The van der Waals surface area contributed by atoms with E-state index in [2.05, 4.69) is 25.2 Å². The molecule has 0 spiro atoms. The summed E-state index contributed by atoms with van der Waals surface area (Å²) in [6.45, 7) is 8.82. The molecule has 8 nitrogen and oxygen atoms in total. The first-order chi connectivity index (χ1) is 22.2. The summed E-state index contributed by atoms with van der Waals surface area (Å²) in [7, 11) is 0. The standard InChI is InChI=1S/C37H34ClN5O3/c1-5-46-34-18-24(4)31(19-30(34)23(2)3)36-41-32-12-8-6-11-29(32)37(45)43(36)39-20-25-21-42(33-13-9-7-10-28(25)33)22-35(44)40-27-16-14-26(38)15-17-27/h6-21,23H,5,22H2,1-4H3,(H,40,44). The van der Waals surface area contributed by atoms with Gasteiger partial charge in [0.2, 0.25) is 5.91 Å². The molecule has 0 bridgehead atoms. The second-order valence-electron chi connectivity index (χ2n) is 11.4. The van der Waals surface area contributed by atoms with Gasteiger partial charge in [-0.3, -0.25) is 9.59 Å². The van der Waals surface area contributed by atoms with Crippen LogP contribution >= 0.6 is 11.6 Å². The lowest BCUT2D eigenvalue weighted by Crippen LogP contribution is -2.21. The minimum Gasteiger partial charge on any atom is -0.494 e. The molecule has 0 aliphatic rings. The lowest BCUT2D eigenvalue weighted by Gasteiger charge is -2.18. The van der Waals surface area contributed by atoms with E-state index in [4.69, 9.17) is 26.4 Å². The molecular weight excluding hydrogens is 598 g/mol. The number of nitrogens with one attached hydrogen (secondary N) is 1. The maximum atomic E-state index is 14.0. The summed E-state index contributed by atoms with van der Waals surface area (Å²) in [5.41, 5.74) is 5.35. The number of hydrogen-bond donors (Lipinski definition) is 1. The van der Waals surface area contributed by atoms with Gasteiger partial charge < -0.3 is 14.6 Å². The van der Waals surface area contributed by atoms with Crippen molar-refractivity contribution >= 4 is 51.2 Å². The number of rotatable bonds is 9. The highest BCUT2D eigenvalue weighted by Crippen LogP contribution is 2.34. The molecule has 0 aliphatic heterocycles. The number of nitrogens with zero attached hydrogens (tertiary/aromatic N) is 4. The third kappa shape index (κ3) is 6.17. The summed E-state index contributed by atoms with van der Waals surface area (Å²) in [6, 6.07) is 26.1. The van der Waals surface area contributed by atoms with Crippen LogP contribution in [0.5, 0.6) is 5.75 Å². The van der Waals surface area contributed by atoms with Gasteiger partial charge in [0.05, 0.1) is 23.7 Å². The highest BCUT2D eigenvalue weighted by molar-refractivity contribution is 6.30. The molecule has 0 saturated carbocycles. The Morgan fingerprint density at radius 1 is 1.02 bits per heavy atom. The zero-order chi connectivity index (χ0) is 32.4. The van der Waals surface area contributed by atoms with Crippen molar-refractivity contribution in [2.45, 2.75) is 40.2 Å². The van der Waals surface area contributed by atoms with Gasteiger partial charge in [-0.25, -0.2) is 4.98 Å². The van der Waals surface area contributed by atoms with Crippen molar-refractivity contribution < 1.29 is 9.53 Å². The Bertz CT molecular complexity index is 2160. The molecule has 0 unspecified atom stereocenters. The van der Waals surface area contributed by atoms with Crippen LogP contribution in [-0.4, -0.2) is 33.0 Å². The van der Waals surface area contributed by atoms with E-state index in [1.807, 2.05) is 73.1 Å². The first kappa shape index (κ1) is 30.8. The van der Waals surface area contributed by atoms with E-state index < -0.39 is 0 Å². The van der Waals surface area contributed by atoms with E-state index >= 15 is 0 Å². The Kier molecular flexibility index (Phi) is 8.72. The number of hydrogen-bond acceptors (Lipinski definition) is 5. The van der Waals surface area contributed by atoms with Gasteiger partial charge in [0, 0.05) is 38.9 Å². The quantitative estimate of drug-likeness (QED) is 0.164. The van der Waals surface area contributed by atoms with Gasteiger partial charge in [-0.05, 0) is 85.5 Å². The Balaban J connectivity index is 1.44. The molecule has 0 saturated heterocycles. The fraction of sp³-hybridized carbons (Fsp3) is 0.189. The largest absolute Gasteiger partial charge is 0.494 e. The molecule has 0 aliphatic carbocycles. The molecule has 6 rings (SSSR count). The second kappa shape index (κ2) is 13.0. The van der Waals surface area contributed by atoms with E-state index in [-0.39, 0.29) is 23.9 Å². The molecule has 0 atom stereocenters. The van der Waals surface area contributed by atoms with Gasteiger partial charge in [-0.2, -0.15) is 9.78 Å². The molecule has 0 radical (unpaired) electrons. The van der Waals surface area contributed by atoms with Gasteiger partial charge in [0.25, 0.3) is 5.56 Å². The van der Waals surface area contributed by atoms with E-state index in [1.54, 1.807) is 36.5 Å². The Labute approximate surface area is 271 Å². The molecule has 1 N–H and O–H groups in total. The molecule has 232 valence electrons. The predicted octanol–water partition coefficient (Wildman–Crippen LogP) is 8.02. The fourth-order valence-electron chi connectivity index (χ4n) is 5.59. The number of benzene rings is 4. The van der Waals surface area contributed by atoms with Crippen LogP contribution in [0, 0.1) is 6.92 Å². The number of para-hydroxylation sites is 2. The zero-order valence-corrected chi connectivity index (χ0v) is 26.9. The molecule has 6 aromatic rings. The van der Waals surface area contributed by atoms with Crippen molar-refractivity contribution in [2.24, 2.45) is 5.10 Å². The number of fused-ring (bicyclic) bond motifs is 2. The van der Waals surface area contributed by atoms with E-state index in [9.17, 15) is 9.59 Å². The average Bonchev–Trinajstić information content (AvgIpc) is 3.38. The fourth-order valence-corrected chi connectivity index (χ4v) is 5.72. The second-order valence-corrected chi connectivity index (χ2v) is 11.8. The number of aryl methyl sites for hydroxylation is 1. The number of anilines is 1. The summed E-state index contributed by atoms with van der Waals surface area (Å²) in [4.78, 5) is 31.9. The monoisotopic (exact) mass is 631 g/mol. The first-order valence-corrected chi connectivity index (χ1v) is 15.6. The number of carbonyl (C=O) groups excluding carboxylic acids is 1. The molecule has 2 aromatic heterocycles. The van der Waals surface area contributed by atoms with Gasteiger partial charge in [0.15, 0.2) is 5.82 Å². The van der Waals surface area contributed by atoms with Gasteiger partial charge in [-0.15, -0.1) is 0 Å². The minimum atomic E-state index is -0.276. The summed E-state index contributed by atoms with van der Waals surface area (Å²) in [6.07, 6.45) is 3.53. The van der Waals surface area contributed by atoms with E-state index in [0.717, 1.165) is 38.9 Å². The summed E-state index contributed by atoms with van der Waals surface area (Å²) in [5, 5.41) is 9.63.